The van der Waals surface area contributed by atoms with Gasteiger partial charge in [0.15, 0.2) is 0 Å². The van der Waals surface area contributed by atoms with Crippen LogP contribution in [-0.4, -0.2) is 53.8 Å². The van der Waals surface area contributed by atoms with E-state index in [9.17, 15) is 14.7 Å². The molecule has 0 aromatic rings. The summed E-state index contributed by atoms with van der Waals surface area (Å²) in [6.45, 7) is 8.12. The second-order valence-corrected chi connectivity index (χ2v) is 7.24. The van der Waals surface area contributed by atoms with Crippen LogP contribution in [0.25, 0.3) is 0 Å². The minimum Gasteiger partial charge on any atom is -0.480 e. The molecule has 2 rings (SSSR count). The summed E-state index contributed by atoms with van der Waals surface area (Å²) in [6, 6.07) is -0.802. The molecule has 6 nitrogen and oxygen atoms in total. The molecule has 2 N–H and O–H groups in total. The van der Waals surface area contributed by atoms with Gasteiger partial charge in [-0.3, -0.25) is 4.90 Å². The number of carboxylic acid groups (broad SMARTS) is 1. The van der Waals surface area contributed by atoms with E-state index in [2.05, 4.69) is 26.1 Å². The number of ether oxygens (including phenoxy) is 1. The standard InChI is InChI=1S/C15H26N2O4/c1-15(2,3)5-7-21-14(20)17-11(13(18)19)8-10-4-6-16-9-12(10)17/h10-12,16H,4-9H2,1-3H3,(H,18,19)/t10-,11+,12+/m1/s1. The van der Waals surface area contributed by atoms with Crippen LogP contribution in [0.1, 0.15) is 40.0 Å². The van der Waals surface area contributed by atoms with Crippen LogP contribution in [0.5, 0.6) is 0 Å². The number of carbonyl (C=O) groups is 2. The average Bonchev–Trinajstić information content (AvgIpc) is 2.76. The third-order valence-corrected chi connectivity index (χ3v) is 4.38. The number of amides is 1. The molecule has 0 aromatic carbocycles. The number of likely N-dealkylation sites (tertiary alicyclic amines) is 1. The molecular formula is C15H26N2O4. The van der Waals surface area contributed by atoms with Gasteiger partial charge in [0.05, 0.1) is 12.6 Å². The first kappa shape index (κ1) is 16.1. The molecule has 21 heavy (non-hydrogen) atoms. The van der Waals surface area contributed by atoms with Crippen molar-refractivity contribution in [3.05, 3.63) is 0 Å². The minimum atomic E-state index is -0.933. The van der Waals surface area contributed by atoms with E-state index in [1.807, 2.05) is 0 Å². The van der Waals surface area contributed by atoms with Crippen LogP contribution in [-0.2, 0) is 9.53 Å². The van der Waals surface area contributed by atoms with E-state index in [-0.39, 0.29) is 17.4 Å². The second kappa shape index (κ2) is 6.22. The summed E-state index contributed by atoms with van der Waals surface area (Å²) in [6.07, 6.45) is 1.73. The van der Waals surface area contributed by atoms with Gasteiger partial charge in [0, 0.05) is 6.54 Å². The average molecular weight is 298 g/mol. The van der Waals surface area contributed by atoms with Crippen molar-refractivity contribution in [2.45, 2.75) is 52.1 Å². The Morgan fingerprint density at radius 3 is 2.71 bits per heavy atom. The number of hydrogen-bond donors (Lipinski definition) is 2. The van der Waals surface area contributed by atoms with Gasteiger partial charge in [-0.15, -0.1) is 0 Å². The molecule has 2 aliphatic heterocycles. The van der Waals surface area contributed by atoms with Gasteiger partial charge >= 0.3 is 12.1 Å². The zero-order chi connectivity index (χ0) is 15.6. The SMILES string of the molecule is CC(C)(C)CCOC(=O)N1[C@H](C(=O)O)C[C@H]2CCNC[C@@H]21. The van der Waals surface area contributed by atoms with E-state index in [0.717, 1.165) is 19.4 Å². The van der Waals surface area contributed by atoms with Gasteiger partial charge in [0.25, 0.3) is 0 Å². The topological polar surface area (TPSA) is 78.9 Å². The lowest BCUT2D eigenvalue weighted by Crippen LogP contribution is -2.51. The zero-order valence-electron chi connectivity index (χ0n) is 13.1. The van der Waals surface area contributed by atoms with Crippen molar-refractivity contribution < 1.29 is 19.4 Å². The van der Waals surface area contributed by atoms with E-state index in [1.165, 1.54) is 4.90 Å². The summed E-state index contributed by atoms with van der Waals surface area (Å²) < 4.78 is 5.33. The lowest BCUT2D eigenvalue weighted by molar-refractivity contribution is -0.142. The molecular weight excluding hydrogens is 272 g/mol. The normalized spacial score (nSPS) is 29.1. The fourth-order valence-electron chi connectivity index (χ4n) is 3.13. The number of hydrogen-bond acceptors (Lipinski definition) is 4. The molecule has 6 heteroatoms. The van der Waals surface area contributed by atoms with Gasteiger partial charge in [0.2, 0.25) is 0 Å². The molecule has 0 unspecified atom stereocenters. The minimum absolute atomic E-state index is 0.0537. The van der Waals surface area contributed by atoms with Gasteiger partial charge < -0.3 is 15.2 Å². The van der Waals surface area contributed by atoms with E-state index >= 15 is 0 Å². The highest BCUT2D eigenvalue weighted by Gasteiger charge is 2.48. The molecule has 0 saturated carbocycles. The van der Waals surface area contributed by atoms with Gasteiger partial charge in [0.1, 0.15) is 6.04 Å². The maximum Gasteiger partial charge on any atom is 0.410 e. The third-order valence-electron chi connectivity index (χ3n) is 4.38. The van der Waals surface area contributed by atoms with Crippen LogP contribution in [0, 0.1) is 11.3 Å². The molecule has 2 saturated heterocycles. The summed E-state index contributed by atoms with van der Waals surface area (Å²) in [5.74, 6) is -0.667. The summed E-state index contributed by atoms with van der Waals surface area (Å²) in [5.41, 5.74) is 0.0897. The largest absolute Gasteiger partial charge is 0.480 e. The second-order valence-electron chi connectivity index (χ2n) is 7.24. The van der Waals surface area contributed by atoms with Gasteiger partial charge in [-0.05, 0) is 37.1 Å². The molecule has 2 aliphatic rings. The van der Waals surface area contributed by atoms with E-state index < -0.39 is 18.1 Å². The Labute approximate surface area is 125 Å². The summed E-state index contributed by atoms with van der Waals surface area (Å²) >= 11 is 0. The van der Waals surface area contributed by atoms with Crippen LogP contribution in [0.4, 0.5) is 4.79 Å². The van der Waals surface area contributed by atoms with E-state index in [1.54, 1.807) is 0 Å². The highest BCUT2D eigenvalue weighted by atomic mass is 16.6. The molecule has 0 radical (unpaired) electrons. The summed E-state index contributed by atoms with van der Waals surface area (Å²) in [4.78, 5) is 25.2. The first-order chi connectivity index (χ1) is 9.79. The van der Waals surface area contributed by atoms with Gasteiger partial charge in [-0.1, -0.05) is 20.8 Å². The third kappa shape index (κ3) is 3.87. The lowest BCUT2D eigenvalue weighted by Gasteiger charge is -2.32. The molecule has 3 atom stereocenters. The fourth-order valence-corrected chi connectivity index (χ4v) is 3.13. The smallest absolute Gasteiger partial charge is 0.410 e. The number of fused-ring (bicyclic) bond motifs is 1. The maximum atomic E-state index is 12.3. The number of piperidine rings is 1. The number of nitrogens with one attached hydrogen (secondary N) is 1. The van der Waals surface area contributed by atoms with Crippen LogP contribution in [0.2, 0.25) is 0 Å². The number of carboxylic acids is 1. The quantitative estimate of drug-likeness (QED) is 0.829. The van der Waals surface area contributed by atoms with Crippen molar-refractivity contribution in [3.63, 3.8) is 0 Å². The summed E-state index contributed by atoms with van der Waals surface area (Å²) in [7, 11) is 0. The van der Waals surface area contributed by atoms with Crippen molar-refractivity contribution in [2.75, 3.05) is 19.7 Å². The molecule has 0 aromatic heterocycles. The predicted octanol–water partition coefficient (Wildman–Crippen LogP) is 1.70. The first-order valence-electron chi connectivity index (χ1n) is 7.68. The van der Waals surface area contributed by atoms with Gasteiger partial charge in [-0.2, -0.15) is 0 Å². The first-order valence-corrected chi connectivity index (χ1v) is 7.68. The predicted molar refractivity (Wildman–Crippen MR) is 78.1 cm³/mol. The van der Waals surface area contributed by atoms with Crippen LogP contribution in [0.15, 0.2) is 0 Å². The maximum absolute atomic E-state index is 12.3. The molecule has 2 heterocycles. The molecule has 0 spiro atoms. The van der Waals surface area contributed by atoms with Crippen LogP contribution >= 0.6 is 0 Å². The van der Waals surface area contributed by atoms with Crippen LogP contribution < -0.4 is 5.32 Å². The van der Waals surface area contributed by atoms with Crippen molar-refractivity contribution in [1.82, 2.24) is 10.2 Å². The Kier molecular flexibility index (Phi) is 4.76. The Hall–Kier alpha value is -1.30. The Morgan fingerprint density at radius 2 is 2.10 bits per heavy atom. The Morgan fingerprint density at radius 1 is 1.38 bits per heavy atom. The molecule has 120 valence electrons. The van der Waals surface area contributed by atoms with E-state index in [0.29, 0.717) is 19.6 Å². The van der Waals surface area contributed by atoms with Crippen molar-refractivity contribution in [1.29, 1.82) is 0 Å². The van der Waals surface area contributed by atoms with E-state index in [4.69, 9.17) is 4.74 Å². The Balaban J connectivity index is 2.00. The number of nitrogens with zero attached hydrogens (tertiary/aromatic N) is 1. The van der Waals surface area contributed by atoms with Crippen molar-refractivity contribution >= 4 is 12.1 Å². The molecule has 0 bridgehead atoms. The monoisotopic (exact) mass is 298 g/mol. The number of aliphatic carboxylic acids is 1. The van der Waals surface area contributed by atoms with Crippen molar-refractivity contribution in [2.24, 2.45) is 11.3 Å². The summed E-state index contributed by atoms with van der Waals surface area (Å²) in [5, 5.41) is 12.6. The zero-order valence-corrected chi connectivity index (χ0v) is 13.1. The number of rotatable bonds is 3. The fraction of sp³-hybridized carbons (Fsp3) is 0.867. The highest BCUT2D eigenvalue weighted by Crippen LogP contribution is 2.34. The molecule has 1 amide bonds. The Bertz CT molecular complexity index is 405. The van der Waals surface area contributed by atoms with Gasteiger partial charge in [-0.25, -0.2) is 9.59 Å². The molecule has 0 aliphatic carbocycles. The highest BCUT2D eigenvalue weighted by molar-refractivity contribution is 5.81. The number of carbonyl (C=O) groups excluding carboxylic acids is 1. The van der Waals surface area contributed by atoms with Crippen LogP contribution in [0.3, 0.4) is 0 Å². The lowest BCUT2D eigenvalue weighted by atomic mass is 9.92. The molecule has 2 fully saturated rings. The van der Waals surface area contributed by atoms with Crippen molar-refractivity contribution in [3.8, 4) is 0 Å².